The Balaban J connectivity index is 2.47. The third-order valence-corrected chi connectivity index (χ3v) is 2.48. The Morgan fingerprint density at radius 1 is 1.44 bits per heavy atom. The topological polar surface area (TPSA) is 98.7 Å². The molecule has 1 rings (SSSR count). The minimum absolute atomic E-state index is 0.141. The number of hydrogen-bond acceptors (Lipinski definition) is 3. The van der Waals surface area contributed by atoms with E-state index in [1.54, 1.807) is 0 Å². The van der Waals surface area contributed by atoms with Crippen molar-refractivity contribution in [3.8, 4) is 0 Å². The maximum atomic E-state index is 11.6. The van der Waals surface area contributed by atoms with Crippen LogP contribution in [0.3, 0.4) is 0 Å². The molecule has 1 aliphatic heterocycles. The minimum Gasteiger partial charge on any atom is -0.480 e. The van der Waals surface area contributed by atoms with E-state index in [-0.39, 0.29) is 12.5 Å². The van der Waals surface area contributed by atoms with E-state index >= 15 is 0 Å². The van der Waals surface area contributed by atoms with Gasteiger partial charge in [0.25, 0.3) is 0 Å². The van der Waals surface area contributed by atoms with Crippen molar-refractivity contribution in [2.75, 3.05) is 20.1 Å². The average molecular weight is 229 g/mol. The van der Waals surface area contributed by atoms with Gasteiger partial charge in [0.1, 0.15) is 6.04 Å². The highest BCUT2D eigenvalue weighted by atomic mass is 16.4. The normalized spacial score (nSPS) is 19.3. The second kappa shape index (κ2) is 5.34. The van der Waals surface area contributed by atoms with Crippen LogP contribution in [0, 0.1) is 0 Å². The predicted molar refractivity (Wildman–Crippen MR) is 54.8 cm³/mol. The Hall–Kier alpha value is -1.79. The molecule has 0 aromatic rings. The Morgan fingerprint density at radius 3 is 2.69 bits per heavy atom. The summed E-state index contributed by atoms with van der Waals surface area (Å²) in [7, 11) is 1.46. The quantitative estimate of drug-likeness (QED) is 0.577. The van der Waals surface area contributed by atoms with Crippen LogP contribution in [0.4, 0.5) is 4.79 Å². The maximum absolute atomic E-state index is 11.6. The highest BCUT2D eigenvalue weighted by Gasteiger charge is 2.33. The molecule has 0 spiro atoms. The lowest BCUT2D eigenvalue weighted by Crippen LogP contribution is -2.48. The molecule has 7 heteroatoms. The highest BCUT2D eigenvalue weighted by molar-refractivity contribution is 5.86. The van der Waals surface area contributed by atoms with Crippen molar-refractivity contribution in [3.05, 3.63) is 0 Å². The summed E-state index contributed by atoms with van der Waals surface area (Å²) in [6.07, 6.45) is 1.13. The van der Waals surface area contributed by atoms with Crippen LogP contribution in [0.25, 0.3) is 0 Å². The number of nitrogens with zero attached hydrogens (tertiary/aromatic N) is 1. The summed E-state index contributed by atoms with van der Waals surface area (Å²) in [5, 5.41) is 13.6. The molecule has 90 valence electrons. The van der Waals surface area contributed by atoms with E-state index in [9.17, 15) is 14.4 Å². The van der Waals surface area contributed by atoms with E-state index in [1.165, 1.54) is 11.9 Å². The number of carbonyl (C=O) groups excluding carboxylic acids is 2. The van der Waals surface area contributed by atoms with Gasteiger partial charge in [0, 0.05) is 13.6 Å². The van der Waals surface area contributed by atoms with Gasteiger partial charge in [-0.25, -0.2) is 9.59 Å². The van der Waals surface area contributed by atoms with Gasteiger partial charge in [-0.15, -0.1) is 0 Å². The van der Waals surface area contributed by atoms with Crippen LogP contribution in [0.15, 0.2) is 0 Å². The first-order valence-corrected chi connectivity index (χ1v) is 5.04. The van der Waals surface area contributed by atoms with Gasteiger partial charge >= 0.3 is 12.0 Å². The molecule has 1 fully saturated rings. The fourth-order valence-electron chi connectivity index (χ4n) is 1.61. The molecular formula is C9H15N3O4. The number of urea groups is 1. The summed E-state index contributed by atoms with van der Waals surface area (Å²) in [6.45, 7) is 0.273. The average Bonchev–Trinajstić information content (AvgIpc) is 2.74. The van der Waals surface area contributed by atoms with E-state index in [1.807, 2.05) is 0 Å². The van der Waals surface area contributed by atoms with Crippen molar-refractivity contribution in [1.82, 2.24) is 15.5 Å². The molecule has 1 heterocycles. The van der Waals surface area contributed by atoms with Gasteiger partial charge in [-0.2, -0.15) is 0 Å². The van der Waals surface area contributed by atoms with E-state index in [4.69, 9.17) is 5.11 Å². The van der Waals surface area contributed by atoms with Crippen LogP contribution in [-0.4, -0.2) is 54.1 Å². The molecular weight excluding hydrogens is 214 g/mol. The first-order chi connectivity index (χ1) is 7.56. The number of nitrogens with one attached hydrogen (secondary N) is 2. The van der Waals surface area contributed by atoms with Crippen molar-refractivity contribution < 1.29 is 19.5 Å². The summed E-state index contributed by atoms with van der Waals surface area (Å²) >= 11 is 0. The molecule has 0 aromatic carbocycles. The number of amides is 3. The third kappa shape index (κ3) is 2.85. The Kier molecular flexibility index (Phi) is 4.10. The summed E-state index contributed by atoms with van der Waals surface area (Å²) in [5.41, 5.74) is 0. The fraction of sp³-hybridized carbons (Fsp3) is 0.667. The Bertz CT molecular complexity index is 305. The number of carbonyl (C=O) groups is 3. The van der Waals surface area contributed by atoms with Crippen LogP contribution < -0.4 is 10.6 Å². The molecule has 3 N–H and O–H groups in total. The molecule has 0 aliphatic carbocycles. The monoisotopic (exact) mass is 229 g/mol. The second-order valence-electron chi connectivity index (χ2n) is 3.52. The SMILES string of the molecule is CNC(=O)CNC(=O)N1CCCC1C(=O)O. The van der Waals surface area contributed by atoms with Crippen LogP contribution in [-0.2, 0) is 9.59 Å². The Morgan fingerprint density at radius 2 is 2.12 bits per heavy atom. The molecule has 3 amide bonds. The molecule has 1 unspecified atom stereocenters. The number of aliphatic carboxylic acids is 1. The van der Waals surface area contributed by atoms with E-state index < -0.39 is 18.0 Å². The molecule has 0 radical (unpaired) electrons. The summed E-state index contributed by atoms with van der Waals surface area (Å²) in [4.78, 5) is 34.5. The number of likely N-dealkylation sites (tertiary alicyclic amines) is 1. The van der Waals surface area contributed by atoms with Crippen molar-refractivity contribution in [3.63, 3.8) is 0 Å². The van der Waals surface area contributed by atoms with E-state index in [0.717, 1.165) is 0 Å². The summed E-state index contributed by atoms with van der Waals surface area (Å²) in [6, 6.07) is -1.28. The van der Waals surface area contributed by atoms with Crippen molar-refractivity contribution in [2.45, 2.75) is 18.9 Å². The van der Waals surface area contributed by atoms with Gasteiger partial charge in [-0.1, -0.05) is 0 Å². The summed E-state index contributed by atoms with van der Waals surface area (Å²) < 4.78 is 0. The lowest BCUT2D eigenvalue weighted by Gasteiger charge is -2.21. The lowest BCUT2D eigenvalue weighted by molar-refractivity contribution is -0.141. The smallest absolute Gasteiger partial charge is 0.326 e. The number of carboxylic acid groups (broad SMARTS) is 1. The second-order valence-corrected chi connectivity index (χ2v) is 3.52. The van der Waals surface area contributed by atoms with Crippen molar-refractivity contribution in [1.29, 1.82) is 0 Å². The third-order valence-electron chi connectivity index (χ3n) is 2.48. The number of hydrogen-bond donors (Lipinski definition) is 3. The van der Waals surface area contributed by atoms with Crippen molar-refractivity contribution in [2.24, 2.45) is 0 Å². The molecule has 0 bridgehead atoms. The zero-order valence-corrected chi connectivity index (χ0v) is 9.02. The molecule has 1 saturated heterocycles. The minimum atomic E-state index is -1.01. The van der Waals surface area contributed by atoms with Gasteiger partial charge in [-0.05, 0) is 12.8 Å². The Labute approximate surface area is 92.8 Å². The van der Waals surface area contributed by atoms with Crippen LogP contribution in [0.2, 0.25) is 0 Å². The first kappa shape index (κ1) is 12.3. The van der Waals surface area contributed by atoms with Crippen LogP contribution in [0.1, 0.15) is 12.8 Å². The van der Waals surface area contributed by atoms with E-state index in [0.29, 0.717) is 19.4 Å². The molecule has 7 nitrogen and oxygen atoms in total. The molecule has 1 aliphatic rings. The number of carboxylic acids is 1. The molecule has 1 atom stereocenters. The van der Waals surface area contributed by atoms with Crippen LogP contribution in [0.5, 0.6) is 0 Å². The van der Waals surface area contributed by atoms with Gasteiger partial charge in [0.2, 0.25) is 5.91 Å². The molecule has 16 heavy (non-hydrogen) atoms. The first-order valence-electron chi connectivity index (χ1n) is 5.04. The highest BCUT2D eigenvalue weighted by Crippen LogP contribution is 2.16. The zero-order chi connectivity index (χ0) is 12.1. The maximum Gasteiger partial charge on any atom is 0.326 e. The molecule has 0 aromatic heterocycles. The van der Waals surface area contributed by atoms with Gasteiger partial charge < -0.3 is 20.6 Å². The largest absolute Gasteiger partial charge is 0.480 e. The number of rotatable bonds is 3. The number of likely N-dealkylation sites (N-methyl/N-ethyl adjacent to an activating group) is 1. The van der Waals surface area contributed by atoms with Crippen molar-refractivity contribution >= 4 is 17.9 Å². The summed E-state index contributed by atoms with van der Waals surface area (Å²) in [5.74, 6) is -1.33. The van der Waals surface area contributed by atoms with Gasteiger partial charge in [-0.3, -0.25) is 4.79 Å². The predicted octanol–water partition coefficient (Wildman–Crippen LogP) is -1.01. The molecule has 0 saturated carbocycles. The standard InChI is InChI=1S/C9H15N3O4/c1-10-7(13)5-11-9(16)12-4-2-3-6(12)8(14)15/h6H,2-5H2,1H3,(H,10,13)(H,11,16)(H,14,15). The van der Waals surface area contributed by atoms with Gasteiger partial charge in [0.05, 0.1) is 6.54 Å². The lowest BCUT2D eigenvalue weighted by atomic mass is 10.2. The van der Waals surface area contributed by atoms with Gasteiger partial charge in [0.15, 0.2) is 0 Å². The fourth-order valence-corrected chi connectivity index (χ4v) is 1.61. The zero-order valence-electron chi connectivity index (χ0n) is 9.02. The van der Waals surface area contributed by atoms with Crippen LogP contribution >= 0.6 is 0 Å². The van der Waals surface area contributed by atoms with E-state index in [2.05, 4.69) is 10.6 Å².